The molecule has 0 radical (unpaired) electrons. The first-order valence-electron chi connectivity index (χ1n) is 8.39. The number of halogens is 1. The van der Waals surface area contributed by atoms with E-state index in [1.165, 1.54) is 24.3 Å². The van der Waals surface area contributed by atoms with E-state index in [1.807, 2.05) is 49.3 Å². The second-order valence-electron chi connectivity index (χ2n) is 6.29. The average molecular weight is 455 g/mol. The minimum atomic E-state index is -3.92. The lowest BCUT2D eigenvalue weighted by atomic mass is 10.2. The lowest BCUT2D eigenvalue weighted by Gasteiger charge is -2.13. The quantitative estimate of drug-likeness (QED) is 0.505. The molecular formula is C19H19ClN2O3S3. The summed E-state index contributed by atoms with van der Waals surface area (Å²) in [5.41, 5.74) is 0.788. The molecule has 0 bridgehead atoms. The van der Waals surface area contributed by atoms with E-state index in [2.05, 4.69) is 4.98 Å². The number of thiazole rings is 1. The number of benzene rings is 2. The zero-order valence-electron chi connectivity index (χ0n) is 15.3. The van der Waals surface area contributed by atoms with Gasteiger partial charge in [-0.15, -0.1) is 0 Å². The van der Waals surface area contributed by atoms with Crippen LogP contribution in [0.15, 0.2) is 68.7 Å². The van der Waals surface area contributed by atoms with Crippen molar-refractivity contribution in [2.24, 2.45) is 0 Å². The molecule has 0 spiro atoms. The highest BCUT2D eigenvalue weighted by molar-refractivity contribution is 7.96. The van der Waals surface area contributed by atoms with Gasteiger partial charge < -0.3 is 9.45 Å². The van der Waals surface area contributed by atoms with E-state index in [0.717, 1.165) is 16.9 Å². The highest BCUT2D eigenvalue weighted by Crippen LogP contribution is 2.37. The second-order valence-corrected chi connectivity index (χ2v) is 11.4. The van der Waals surface area contributed by atoms with Gasteiger partial charge in [0.05, 0.1) is 4.90 Å². The van der Waals surface area contributed by atoms with Gasteiger partial charge >= 0.3 is 0 Å². The predicted octanol–water partition coefficient (Wildman–Crippen LogP) is 3.97. The topological polar surface area (TPSA) is 73.3 Å². The van der Waals surface area contributed by atoms with Crippen molar-refractivity contribution in [3.63, 3.8) is 0 Å². The molecule has 0 aliphatic heterocycles. The summed E-state index contributed by atoms with van der Waals surface area (Å²) >= 11 is 5.56. The number of sulfone groups is 1. The van der Waals surface area contributed by atoms with E-state index in [0.29, 0.717) is 22.3 Å². The van der Waals surface area contributed by atoms with Crippen molar-refractivity contribution in [1.82, 2.24) is 9.88 Å². The Morgan fingerprint density at radius 2 is 1.75 bits per heavy atom. The van der Waals surface area contributed by atoms with Gasteiger partial charge in [-0.1, -0.05) is 53.3 Å². The minimum Gasteiger partial charge on any atom is -0.611 e. The third-order valence-corrected chi connectivity index (χ3v) is 8.97. The van der Waals surface area contributed by atoms with Crippen LogP contribution in [-0.4, -0.2) is 49.2 Å². The molecular weight excluding hydrogens is 436 g/mol. The van der Waals surface area contributed by atoms with Crippen molar-refractivity contribution in [3.8, 4) is 10.6 Å². The summed E-state index contributed by atoms with van der Waals surface area (Å²) < 4.78 is 39.6. The van der Waals surface area contributed by atoms with Crippen molar-refractivity contribution in [1.29, 1.82) is 0 Å². The van der Waals surface area contributed by atoms with E-state index in [-0.39, 0.29) is 14.1 Å². The molecule has 0 aliphatic rings. The number of rotatable bonds is 7. The van der Waals surface area contributed by atoms with Crippen molar-refractivity contribution < 1.29 is 13.0 Å². The van der Waals surface area contributed by atoms with Crippen molar-refractivity contribution in [2.75, 3.05) is 26.4 Å². The first-order valence-corrected chi connectivity index (χ1v) is 12.4. The Kier molecular flexibility index (Phi) is 6.80. The Morgan fingerprint density at radius 1 is 1.11 bits per heavy atom. The van der Waals surface area contributed by atoms with Crippen LogP contribution >= 0.6 is 22.9 Å². The van der Waals surface area contributed by atoms with Gasteiger partial charge in [-0.2, -0.15) is 0 Å². The van der Waals surface area contributed by atoms with E-state index < -0.39 is 21.0 Å². The smallest absolute Gasteiger partial charge is 0.246 e. The molecule has 1 aromatic heterocycles. The van der Waals surface area contributed by atoms with Gasteiger partial charge in [0, 0.05) is 28.3 Å². The maximum absolute atomic E-state index is 13.2. The highest BCUT2D eigenvalue weighted by Gasteiger charge is 2.33. The first-order chi connectivity index (χ1) is 13.3. The molecule has 0 N–H and O–H groups in total. The predicted molar refractivity (Wildman–Crippen MR) is 114 cm³/mol. The normalized spacial score (nSPS) is 13.0. The van der Waals surface area contributed by atoms with Crippen LogP contribution in [-0.2, 0) is 21.0 Å². The second kappa shape index (κ2) is 8.94. The Hall–Kier alpha value is -1.42. The van der Waals surface area contributed by atoms with Gasteiger partial charge in [0.15, 0.2) is 0 Å². The van der Waals surface area contributed by atoms with Crippen molar-refractivity contribution >= 4 is 44.0 Å². The molecule has 0 amide bonds. The zero-order valence-corrected chi connectivity index (χ0v) is 18.5. The molecule has 0 fully saturated rings. The van der Waals surface area contributed by atoms with Gasteiger partial charge in [0.25, 0.3) is 0 Å². The third-order valence-electron chi connectivity index (χ3n) is 3.90. The van der Waals surface area contributed by atoms with Crippen LogP contribution in [0, 0.1) is 0 Å². The third kappa shape index (κ3) is 4.76. The number of aromatic nitrogens is 1. The van der Waals surface area contributed by atoms with Crippen LogP contribution in [0.3, 0.4) is 0 Å². The summed E-state index contributed by atoms with van der Waals surface area (Å²) in [7, 11) is -0.164. The van der Waals surface area contributed by atoms with E-state index >= 15 is 0 Å². The SMILES string of the molecule is CN(C)CC[S+]([O-])c1sc(-c2ccccc2)nc1S(=O)(=O)c1ccc(Cl)cc1. The summed E-state index contributed by atoms with van der Waals surface area (Å²) in [6.07, 6.45) is 0. The van der Waals surface area contributed by atoms with Crippen LogP contribution in [0.1, 0.15) is 0 Å². The molecule has 1 atom stereocenters. The zero-order chi connectivity index (χ0) is 20.3. The molecule has 9 heteroatoms. The van der Waals surface area contributed by atoms with Gasteiger partial charge in [-0.25, -0.2) is 13.4 Å². The van der Waals surface area contributed by atoms with Gasteiger partial charge in [-0.05, 0) is 38.4 Å². The van der Waals surface area contributed by atoms with Crippen LogP contribution < -0.4 is 0 Å². The Morgan fingerprint density at radius 3 is 2.36 bits per heavy atom. The lowest BCUT2D eigenvalue weighted by Crippen LogP contribution is -2.22. The molecule has 0 aliphatic carbocycles. The molecule has 2 aromatic carbocycles. The number of hydrogen-bond acceptors (Lipinski definition) is 6. The lowest BCUT2D eigenvalue weighted by molar-refractivity contribution is 0.432. The summed E-state index contributed by atoms with van der Waals surface area (Å²) in [6.45, 7) is 0.575. The minimum absolute atomic E-state index is 0.0765. The molecule has 0 saturated heterocycles. The maximum atomic E-state index is 13.2. The summed E-state index contributed by atoms with van der Waals surface area (Å²) in [5, 5.41) is 0.828. The molecule has 1 heterocycles. The standard InChI is InChI=1S/C19H19ClN2O3S3/c1-22(2)12-13-27(23)19-18(21-17(26-19)14-6-4-3-5-7-14)28(24,25)16-10-8-15(20)9-11-16/h3-11H,12-13H2,1-2H3. The molecule has 148 valence electrons. The summed E-state index contributed by atoms with van der Waals surface area (Å²) in [6, 6.07) is 15.2. The van der Waals surface area contributed by atoms with Gasteiger partial charge in [0.1, 0.15) is 10.8 Å². The van der Waals surface area contributed by atoms with E-state index in [1.54, 1.807) is 0 Å². The first kappa shape index (κ1) is 21.3. The fourth-order valence-corrected chi connectivity index (χ4v) is 7.30. The number of nitrogens with zero attached hydrogens (tertiary/aromatic N) is 2. The fraction of sp³-hybridized carbons (Fsp3) is 0.211. The molecule has 3 rings (SSSR count). The van der Waals surface area contributed by atoms with Crippen LogP contribution in [0.4, 0.5) is 0 Å². The van der Waals surface area contributed by atoms with Crippen LogP contribution in [0.2, 0.25) is 5.02 Å². The summed E-state index contributed by atoms with van der Waals surface area (Å²) in [5.74, 6) is 0.326. The van der Waals surface area contributed by atoms with E-state index in [9.17, 15) is 13.0 Å². The maximum Gasteiger partial charge on any atom is 0.246 e. The van der Waals surface area contributed by atoms with Gasteiger partial charge in [0.2, 0.25) is 19.1 Å². The highest BCUT2D eigenvalue weighted by atomic mass is 35.5. The Labute approximate surface area is 177 Å². The molecule has 1 unspecified atom stereocenters. The molecule has 0 saturated carbocycles. The van der Waals surface area contributed by atoms with Crippen molar-refractivity contribution in [3.05, 3.63) is 59.6 Å². The van der Waals surface area contributed by atoms with Crippen molar-refractivity contribution in [2.45, 2.75) is 14.1 Å². The van der Waals surface area contributed by atoms with Crippen LogP contribution in [0.5, 0.6) is 0 Å². The van der Waals surface area contributed by atoms with Gasteiger partial charge in [-0.3, -0.25) is 0 Å². The Bertz CT molecular complexity index is 1040. The van der Waals surface area contributed by atoms with Crippen LogP contribution in [0.25, 0.3) is 10.6 Å². The molecule has 3 aromatic rings. The molecule has 5 nitrogen and oxygen atoms in total. The fourth-order valence-electron chi connectivity index (χ4n) is 2.39. The monoisotopic (exact) mass is 454 g/mol. The summed E-state index contributed by atoms with van der Waals surface area (Å²) in [4.78, 5) is 6.37. The largest absolute Gasteiger partial charge is 0.611 e. The average Bonchev–Trinajstić information content (AvgIpc) is 3.13. The van der Waals surface area contributed by atoms with E-state index in [4.69, 9.17) is 11.6 Å². The number of hydrogen-bond donors (Lipinski definition) is 0. The molecule has 28 heavy (non-hydrogen) atoms. The Balaban J connectivity index is 2.09.